The SMILES string of the molecule is CCC(C)Oc1ccc(-c2ccc(OC(C)CC)cc2O)cc1. The van der Waals surface area contributed by atoms with Crippen LogP contribution in [-0.2, 0) is 0 Å². The summed E-state index contributed by atoms with van der Waals surface area (Å²) in [5.41, 5.74) is 1.74. The van der Waals surface area contributed by atoms with E-state index in [0.29, 0.717) is 5.75 Å². The highest BCUT2D eigenvalue weighted by atomic mass is 16.5. The van der Waals surface area contributed by atoms with Gasteiger partial charge < -0.3 is 14.6 Å². The average molecular weight is 314 g/mol. The van der Waals surface area contributed by atoms with Crippen molar-refractivity contribution >= 4 is 0 Å². The lowest BCUT2D eigenvalue weighted by atomic mass is 10.0. The van der Waals surface area contributed by atoms with Crippen LogP contribution in [0.4, 0.5) is 0 Å². The standard InChI is InChI=1S/C20H26O3/c1-5-14(3)22-17-9-7-16(8-10-17)19-12-11-18(13-20(19)21)23-15(4)6-2/h7-15,21H,5-6H2,1-4H3. The van der Waals surface area contributed by atoms with Crippen molar-refractivity contribution in [3.05, 3.63) is 42.5 Å². The Kier molecular flexibility index (Phi) is 5.91. The number of phenols is 1. The van der Waals surface area contributed by atoms with Crippen molar-refractivity contribution in [1.82, 2.24) is 0 Å². The molecule has 2 aromatic rings. The number of hydrogen-bond donors (Lipinski definition) is 1. The van der Waals surface area contributed by atoms with Crippen molar-refractivity contribution in [3.8, 4) is 28.4 Å². The van der Waals surface area contributed by atoms with Crippen molar-refractivity contribution in [2.75, 3.05) is 0 Å². The molecule has 0 heterocycles. The first-order valence-electron chi connectivity index (χ1n) is 8.30. The van der Waals surface area contributed by atoms with Crippen molar-refractivity contribution in [1.29, 1.82) is 0 Å². The Hall–Kier alpha value is -2.16. The lowest BCUT2D eigenvalue weighted by Crippen LogP contribution is -2.09. The van der Waals surface area contributed by atoms with E-state index in [1.54, 1.807) is 6.07 Å². The summed E-state index contributed by atoms with van der Waals surface area (Å²) in [5.74, 6) is 1.76. The van der Waals surface area contributed by atoms with Gasteiger partial charge in [0.05, 0.1) is 12.2 Å². The van der Waals surface area contributed by atoms with E-state index >= 15 is 0 Å². The van der Waals surface area contributed by atoms with Crippen LogP contribution >= 0.6 is 0 Å². The second kappa shape index (κ2) is 7.91. The van der Waals surface area contributed by atoms with E-state index in [4.69, 9.17) is 9.47 Å². The molecule has 0 spiro atoms. The van der Waals surface area contributed by atoms with Gasteiger partial charge in [0.2, 0.25) is 0 Å². The van der Waals surface area contributed by atoms with Crippen LogP contribution in [0.25, 0.3) is 11.1 Å². The third-order valence-electron chi connectivity index (χ3n) is 3.96. The minimum atomic E-state index is 0.136. The Morgan fingerprint density at radius 1 is 0.826 bits per heavy atom. The van der Waals surface area contributed by atoms with E-state index in [9.17, 15) is 5.11 Å². The fourth-order valence-corrected chi connectivity index (χ4v) is 2.17. The highest BCUT2D eigenvalue weighted by Gasteiger charge is 2.09. The summed E-state index contributed by atoms with van der Waals surface area (Å²) in [6.45, 7) is 8.23. The van der Waals surface area contributed by atoms with Crippen molar-refractivity contribution in [2.45, 2.75) is 52.7 Å². The van der Waals surface area contributed by atoms with Crippen LogP contribution in [0.1, 0.15) is 40.5 Å². The molecule has 2 unspecified atom stereocenters. The van der Waals surface area contributed by atoms with Gasteiger partial charge in [-0.25, -0.2) is 0 Å². The van der Waals surface area contributed by atoms with Gasteiger partial charge in [-0.15, -0.1) is 0 Å². The molecule has 0 aromatic heterocycles. The lowest BCUT2D eigenvalue weighted by Gasteiger charge is -2.15. The monoisotopic (exact) mass is 314 g/mol. The van der Waals surface area contributed by atoms with Gasteiger partial charge in [0, 0.05) is 11.6 Å². The number of aromatic hydroxyl groups is 1. The van der Waals surface area contributed by atoms with Crippen molar-refractivity contribution < 1.29 is 14.6 Å². The summed E-state index contributed by atoms with van der Waals surface area (Å²) in [5, 5.41) is 10.3. The lowest BCUT2D eigenvalue weighted by molar-refractivity contribution is 0.216. The fraction of sp³-hybridized carbons (Fsp3) is 0.400. The number of phenolic OH excluding ortho intramolecular Hbond substituents is 1. The second-order valence-corrected chi connectivity index (χ2v) is 5.88. The molecular weight excluding hydrogens is 288 g/mol. The molecule has 124 valence electrons. The summed E-state index contributed by atoms with van der Waals surface area (Å²) in [4.78, 5) is 0. The third-order valence-corrected chi connectivity index (χ3v) is 3.96. The van der Waals surface area contributed by atoms with Crippen LogP contribution in [0.15, 0.2) is 42.5 Å². The maximum Gasteiger partial charge on any atom is 0.127 e. The van der Waals surface area contributed by atoms with E-state index < -0.39 is 0 Å². The molecular formula is C20H26O3. The molecule has 0 saturated heterocycles. The number of hydrogen-bond acceptors (Lipinski definition) is 3. The minimum Gasteiger partial charge on any atom is -0.507 e. The predicted octanol–water partition coefficient (Wildman–Crippen LogP) is 5.41. The van der Waals surface area contributed by atoms with Crippen LogP contribution in [0.5, 0.6) is 17.2 Å². The topological polar surface area (TPSA) is 38.7 Å². The van der Waals surface area contributed by atoms with Crippen molar-refractivity contribution in [2.24, 2.45) is 0 Å². The zero-order valence-corrected chi connectivity index (χ0v) is 14.4. The molecule has 0 aliphatic heterocycles. The summed E-state index contributed by atoms with van der Waals surface area (Å²) >= 11 is 0. The van der Waals surface area contributed by atoms with Crippen molar-refractivity contribution in [3.63, 3.8) is 0 Å². The zero-order chi connectivity index (χ0) is 16.8. The van der Waals surface area contributed by atoms with E-state index in [1.165, 1.54) is 0 Å². The highest BCUT2D eigenvalue weighted by Crippen LogP contribution is 2.33. The Morgan fingerprint density at radius 3 is 1.87 bits per heavy atom. The largest absolute Gasteiger partial charge is 0.507 e. The minimum absolute atomic E-state index is 0.136. The Bertz CT molecular complexity index is 619. The van der Waals surface area contributed by atoms with E-state index in [-0.39, 0.29) is 18.0 Å². The van der Waals surface area contributed by atoms with Gasteiger partial charge in [0.1, 0.15) is 17.2 Å². The van der Waals surface area contributed by atoms with Gasteiger partial charge in [-0.3, -0.25) is 0 Å². The smallest absolute Gasteiger partial charge is 0.127 e. The van der Waals surface area contributed by atoms with Gasteiger partial charge >= 0.3 is 0 Å². The normalized spacial score (nSPS) is 13.4. The Labute approximate surface area is 138 Å². The van der Waals surface area contributed by atoms with Crippen LogP contribution in [-0.4, -0.2) is 17.3 Å². The number of ether oxygens (including phenoxy) is 2. The predicted molar refractivity (Wildman–Crippen MR) is 94.3 cm³/mol. The molecule has 0 fully saturated rings. The molecule has 3 heteroatoms. The Balaban J connectivity index is 2.15. The van der Waals surface area contributed by atoms with Gasteiger partial charge in [-0.1, -0.05) is 26.0 Å². The summed E-state index contributed by atoms with van der Waals surface area (Å²) in [7, 11) is 0. The molecule has 0 radical (unpaired) electrons. The first-order valence-corrected chi connectivity index (χ1v) is 8.30. The fourth-order valence-electron chi connectivity index (χ4n) is 2.17. The van der Waals surface area contributed by atoms with Crippen LogP contribution in [0.2, 0.25) is 0 Å². The van der Waals surface area contributed by atoms with Gasteiger partial charge in [-0.05, 0) is 56.5 Å². The average Bonchev–Trinajstić information content (AvgIpc) is 2.55. The van der Waals surface area contributed by atoms with E-state index in [1.807, 2.05) is 43.3 Å². The van der Waals surface area contributed by atoms with E-state index in [2.05, 4.69) is 20.8 Å². The molecule has 2 rings (SSSR count). The molecule has 0 saturated carbocycles. The summed E-state index contributed by atoms with van der Waals surface area (Å²) in [6.07, 6.45) is 2.24. The van der Waals surface area contributed by atoms with Gasteiger partial charge in [0.25, 0.3) is 0 Å². The maximum absolute atomic E-state index is 10.3. The summed E-state index contributed by atoms with van der Waals surface area (Å²) < 4.78 is 11.5. The van der Waals surface area contributed by atoms with Gasteiger partial charge in [-0.2, -0.15) is 0 Å². The maximum atomic E-state index is 10.3. The molecule has 23 heavy (non-hydrogen) atoms. The molecule has 2 aromatic carbocycles. The van der Waals surface area contributed by atoms with E-state index in [0.717, 1.165) is 29.7 Å². The number of rotatable bonds is 7. The first kappa shape index (κ1) is 17.2. The molecule has 2 atom stereocenters. The molecule has 0 aliphatic carbocycles. The van der Waals surface area contributed by atoms with Crippen LogP contribution in [0.3, 0.4) is 0 Å². The number of benzene rings is 2. The molecule has 0 aliphatic rings. The van der Waals surface area contributed by atoms with Crippen LogP contribution < -0.4 is 9.47 Å². The molecule has 0 bridgehead atoms. The Morgan fingerprint density at radius 2 is 1.35 bits per heavy atom. The molecule has 1 N–H and O–H groups in total. The van der Waals surface area contributed by atoms with Gasteiger partial charge in [0.15, 0.2) is 0 Å². The molecule has 0 amide bonds. The zero-order valence-electron chi connectivity index (χ0n) is 14.4. The second-order valence-electron chi connectivity index (χ2n) is 5.88. The first-order chi connectivity index (χ1) is 11.0. The summed E-state index contributed by atoms with van der Waals surface area (Å²) in [6, 6.07) is 13.2. The highest BCUT2D eigenvalue weighted by molar-refractivity contribution is 5.71. The quantitative estimate of drug-likeness (QED) is 0.742. The van der Waals surface area contributed by atoms with Crippen LogP contribution in [0, 0.1) is 0 Å². The third kappa shape index (κ3) is 4.65. The molecule has 3 nitrogen and oxygen atoms in total.